The normalized spacial score (nSPS) is 12.0. The summed E-state index contributed by atoms with van der Waals surface area (Å²) in [6.45, 7) is 3.59. The molecule has 136 valence electrons. The van der Waals surface area contributed by atoms with Crippen molar-refractivity contribution in [1.82, 2.24) is 15.6 Å². The summed E-state index contributed by atoms with van der Waals surface area (Å²) in [4.78, 5) is 8.50. The number of aliphatic imine (C=N–C) groups is 1. The molecular formula is C18H25IN4O2. The van der Waals surface area contributed by atoms with Gasteiger partial charge in [0.2, 0.25) is 0 Å². The Hall–Kier alpha value is -1.87. The van der Waals surface area contributed by atoms with E-state index in [2.05, 4.69) is 20.6 Å². The van der Waals surface area contributed by atoms with Gasteiger partial charge in [-0.1, -0.05) is 18.2 Å². The van der Waals surface area contributed by atoms with Crippen molar-refractivity contribution in [2.45, 2.75) is 19.6 Å². The second kappa shape index (κ2) is 11.6. The number of aliphatic hydroxyl groups is 1. The van der Waals surface area contributed by atoms with Crippen molar-refractivity contribution < 1.29 is 9.84 Å². The van der Waals surface area contributed by atoms with Crippen LogP contribution in [-0.2, 0) is 6.54 Å². The third kappa shape index (κ3) is 6.87. The molecule has 0 aliphatic carbocycles. The van der Waals surface area contributed by atoms with Gasteiger partial charge in [-0.05, 0) is 30.7 Å². The van der Waals surface area contributed by atoms with E-state index < -0.39 is 6.10 Å². The smallest absolute Gasteiger partial charge is 0.191 e. The Labute approximate surface area is 165 Å². The molecule has 0 saturated heterocycles. The van der Waals surface area contributed by atoms with E-state index in [9.17, 15) is 5.11 Å². The highest BCUT2D eigenvalue weighted by molar-refractivity contribution is 14.0. The van der Waals surface area contributed by atoms with E-state index in [4.69, 9.17) is 4.74 Å². The van der Waals surface area contributed by atoms with Crippen LogP contribution >= 0.6 is 24.0 Å². The maximum atomic E-state index is 10.2. The van der Waals surface area contributed by atoms with Crippen LogP contribution in [0.2, 0.25) is 0 Å². The number of aliphatic hydroxyl groups excluding tert-OH is 1. The first-order chi connectivity index (χ1) is 11.7. The van der Waals surface area contributed by atoms with Crippen molar-refractivity contribution in [1.29, 1.82) is 0 Å². The molecule has 6 nitrogen and oxygen atoms in total. The lowest BCUT2D eigenvalue weighted by Crippen LogP contribution is -2.39. The number of hydrogen-bond donors (Lipinski definition) is 3. The Bertz CT molecular complexity index is 653. The van der Waals surface area contributed by atoms with E-state index in [1.165, 1.54) is 0 Å². The first-order valence-electron chi connectivity index (χ1n) is 7.96. The molecule has 0 fully saturated rings. The first-order valence-corrected chi connectivity index (χ1v) is 7.96. The molecule has 0 amide bonds. The van der Waals surface area contributed by atoms with E-state index in [1.807, 2.05) is 31.2 Å². The number of benzene rings is 1. The van der Waals surface area contributed by atoms with Gasteiger partial charge in [0.25, 0.3) is 0 Å². The predicted molar refractivity (Wildman–Crippen MR) is 110 cm³/mol. The van der Waals surface area contributed by atoms with Crippen LogP contribution in [0.4, 0.5) is 0 Å². The molecule has 0 aliphatic rings. The van der Waals surface area contributed by atoms with Gasteiger partial charge in [-0.2, -0.15) is 0 Å². The van der Waals surface area contributed by atoms with E-state index in [0.717, 1.165) is 23.4 Å². The third-order valence-electron chi connectivity index (χ3n) is 3.50. The SMILES string of the molecule is CCNC(=NCc1ccccc1OC)NCC(O)c1ccncc1.I. The standard InChI is InChI=1S/C18H24N4O2.HI/c1-3-20-18(21-12-15-6-4-5-7-17(15)24-2)22-13-16(23)14-8-10-19-11-9-14;/h4-11,16,23H,3,12-13H2,1-2H3,(H2,20,21,22);1H. The van der Waals surface area contributed by atoms with Crippen LogP contribution in [0.15, 0.2) is 53.8 Å². The lowest BCUT2D eigenvalue weighted by atomic mass is 10.1. The van der Waals surface area contributed by atoms with E-state index in [1.54, 1.807) is 31.6 Å². The molecule has 1 atom stereocenters. The van der Waals surface area contributed by atoms with Crippen LogP contribution < -0.4 is 15.4 Å². The van der Waals surface area contributed by atoms with Gasteiger partial charge in [-0.25, -0.2) is 4.99 Å². The van der Waals surface area contributed by atoms with E-state index >= 15 is 0 Å². The van der Waals surface area contributed by atoms with E-state index in [0.29, 0.717) is 19.0 Å². The molecule has 3 N–H and O–H groups in total. The second-order valence-corrected chi connectivity index (χ2v) is 5.18. The van der Waals surface area contributed by atoms with Gasteiger partial charge in [0, 0.05) is 31.0 Å². The molecule has 1 aromatic heterocycles. The van der Waals surface area contributed by atoms with Crippen LogP contribution in [-0.4, -0.2) is 36.2 Å². The Balaban J connectivity index is 0.00000312. The van der Waals surface area contributed by atoms with Crippen LogP contribution in [0, 0.1) is 0 Å². The molecule has 2 aromatic rings. The van der Waals surface area contributed by atoms with Crippen molar-refractivity contribution in [2.75, 3.05) is 20.2 Å². The highest BCUT2D eigenvalue weighted by Gasteiger charge is 2.08. The number of hydrogen-bond acceptors (Lipinski definition) is 4. The minimum Gasteiger partial charge on any atom is -0.496 e. The summed E-state index contributed by atoms with van der Waals surface area (Å²) in [7, 11) is 1.65. The zero-order valence-electron chi connectivity index (χ0n) is 14.5. The average Bonchev–Trinajstić information content (AvgIpc) is 2.64. The number of para-hydroxylation sites is 1. The summed E-state index contributed by atoms with van der Waals surface area (Å²) < 4.78 is 5.34. The summed E-state index contributed by atoms with van der Waals surface area (Å²) in [6.07, 6.45) is 2.71. The first kappa shape index (κ1) is 21.2. The zero-order valence-corrected chi connectivity index (χ0v) is 16.8. The minimum atomic E-state index is -0.622. The van der Waals surface area contributed by atoms with Crippen molar-refractivity contribution in [2.24, 2.45) is 4.99 Å². The zero-order chi connectivity index (χ0) is 17.2. The number of nitrogens with one attached hydrogen (secondary N) is 2. The maximum Gasteiger partial charge on any atom is 0.191 e. The van der Waals surface area contributed by atoms with Gasteiger partial charge in [-0.15, -0.1) is 24.0 Å². The molecule has 0 bridgehead atoms. The fourth-order valence-corrected chi connectivity index (χ4v) is 2.24. The Morgan fingerprint density at radius 3 is 2.60 bits per heavy atom. The Kier molecular flexibility index (Phi) is 9.86. The van der Waals surface area contributed by atoms with Gasteiger partial charge in [0.15, 0.2) is 5.96 Å². The predicted octanol–water partition coefficient (Wildman–Crippen LogP) is 2.50. The van der Waals surface area contributed by atoms with Crippen molar-refractivity contribution in [3.63, 3.8) is 0 Å². The lowest BCUT2D eigenvalue weighted by Gasteiger charge is -2.15. The molecule has 0 spiro atoms. The molecule has 0 aliphatic heterocycles. The quantitative estimate of drug-likeness (QED) is 0.339. The molecule has 1 heterocycles. The number of guanidine groups is 1. The average molecular weight is 456 g/mol. The fourth-order valence-electron chi connectivity index (χ4n) is 2.24. The van der Waals surface area contributed by atoms with Gasteiger partial charge in [-0.3, -0.25) is 4.98 Å². The summed E-state index contributed by atoms with van der Waals surface area (Å²) in [6, 6.07) is 11.4. The van der Waals surface area contributed by atoms with Crippen molar-refractivity contribution in [3.8, 4) is 5.75 Å². The van der Waals surface area contributed by atoms with Gasteiger partial charge >= 0.3 is 0 Å². The highest BCUT2D eigenvalue weighted by atomic mass is 127. The number of rotatable bonds is 7. The fraction of sp³-hybridized carbons (Fsp3) is 0.333. The summed E-state index contributed by atoms with van der Waals surface area (Å²) in [5.41, 5.74) is 1.82. The monoisotopic (exact) mass is 456 g/mol. The molecule has 1 unspecified atom stereocenters. The number of halogens is 1. The van der Waals surface area contributed by atoms with Crippen molar-refractivity contribution >= 4 is 29.9 Å². The molecule has 0 radical (unpaired) electrons. The summed E-state index contributed by atoms with van der Waals surface area (Å²) in [5.74, 6) is 1.46. The number of ether oxygens (including phenoxy) is 1. The largest absolute Gasteiger partial charge is 0.496 e. The number of pyridine rings is 1. The maximum absolute atomic E-state index is 10.2. The molecular weight excluding hydrogens is 431 g/mol. The summed E-state index contributed by atoms with van der Waals surface area (Å²) in [5, 5.41) is 16.5. The number of aromatic nitrogens is 1. The Morgan fingerprint density at radius 1 is 1.20 bits per heavy atom. The summed E-state index contributed by atoms with van der Waals surface area (Å²) >= 11 is 0. The number of nitrogens with zero attached hydrogens (tertiary/aromatic N) is 2. The van der Waals surface area contributed by atoms with E-state index in [-0.39, 0.29) is 24.0 Å². The topological polar surface area (TPSA) is 78.8 Å². The van der Waals surface area contributed by atoms with Crippen LogP contribution in [0.25, 0.3) is 0 Å². The second-order valence-electron chi connectivity index (χ2n) is 5.18. The molecule has 25 heavy (non-hydrogen) atoms. The van der Waals surface area contributed by atoms with Gasteiger partial charge < -0.3 is 20.5 Å². The molecule has 0 saturated carbocycles. The third-order valence-corrected chi connectivity index (χ3v) is 3.50. The van der Waals surface area contributed by atoms with Gasteiger partial charge in [0.1, 0.15) is 5.75 Å². The van der Waals surface area contributed by atoms with Crippen LogP contribution in [0.1, 0.15) is 24.2 Å². The van der Waals surface area contributed by atoms with Crippen LogP contribution in [0.3, 0.4) is 0 Å². The molecule has 2 rings (SSSR count). The lowest BCUT2D eigenvalue weighted by molar-refractivity contribution is 0.180. The van der Waals surface area contributed by atoms with Crippen LogP contribution in [0.5, 0.6) is 5.75 Å². The van der Waals surface area contributed by atoms with Gasteiger partial charge in [0.05, 0.1) is 19.8 Å². The molecule has 1 aromatic carbocycles. The van der Waals surface area contributed by atoms with Crippen molar-refractivity contribution in [3.05, 3.63) is 59.9 Å². The number of methoxy groups -OCH3 is 1. The minimum absolute atomic E-state index is 0. The molecule has 7 heteroatoms. The Morgan fingerprint density at radius 2 is 1.92 bits per heavy atom. The highest BCUT2D eigenvalue weighted by Crippen LogP contribution is 2.17.